The summed E-state index contributed by atoms with van der Waals surface area (Å²) in [4.78, 5) is 23.8. The highest BCUT2D eigenvalue weighted by atomic mass is 32.2. The average Bonchev–Trinajstić information content (AvgIpc) is 2.57. The molecule has 0 saturated carbocycles. The SMILES string of the molecule is COc1cc([N+](=O)[O-])cc(/C=C2/Sc3ccccc3NC2=O)c1O. The number of rotatable bonds is 3. The second-order valence-corrected chi connectivity index (χ2v) is 5.99. The molecule has 0 atom stereocenters. The van der Waals surface area contributed by atoms with Gasteiger partial charge in [-0.1, -0.05) is 23.9 Å². The summed E-state index contributed by atoms with van der Waals surface area (Å²) >= 11 is 1.22. The molecule has 2 N–H and O–H groups in total. The molecule has 0 fully saturated rings. The molecule has 24 heavy (non-hydrogen) atoms. The number of nitro benzene ring substituents is 1. The predicted molar refractivity (Wildman–Crippen MR) is 90.2 cm³/mol. The van der Waals surface area contributed by atoms with Gasteiger partial charge in [-0.15, -0.1) is 0 Å². The summed E-state index contributed by atoms with van der Waals surface area (Å²) in [5.41, 5.74) is 0.599. The number of phenolic OH excluding ortho intramolecular Hbond substituents is 1. The number of carbonyl (C=O) groups is 1. The van der Waals surface area contributed by atoms with Gasteiger partial charge in [0.1, 0.15) is 0 Å². The maximum atomic E-state index is 12.2. The number of nitrogens with zero attached hydrogens (tertiary/aromatic N) is 1. The molecule has 0 bridgehead atoms. The van der Waals surface area contributed by atoms with Crippen LogP contribution in [0.2, 0.25) is 0 Å². The van der Waals surface area contributed by atoms with Crippen molar-refractivity contribution in [1.82, 2.24) is 0 Å². The topological polar surface area (TPSA) is 102 Å². The minimum Gasteiger partial charge on any atom is -0.504 e. The van der Waals surface area contributed by atoms with Crippen molar-refractivity contribution in [2.45, 2.75) is 4.90 Å². The molecule has 0 unspecified atom stereocenters. The average molecular weight is 344 g/mol. The van der Waals surface area contributed by atoms with Crippen LogP contribution in [0.1, 0.15) is 5.56 Å². The van der Waals surface area contributed by atoms with E-state index < -0.39 is 4.92 Å². The fraction of sp³-hybridized carbons (Fsp3) is 0.0625. The van der Waals surface area contributed by atoms with Gasteiger partial charge in [0.25, 0.3) is 11.6 Å². The number of aromatic hydroxyl groups is 1. The number of anilines is 1. The van der Waals surface area contributed by atoms with Crippen molar-refractivity contribution in [3.05, 3.63) is 57.0 Å². The number of amides is 1. The van der Waals surface area contributed by atoms with Crippen LogP contribution in [-0.4, -0.2) is 23.0 Å². The first-order valence-electron chi connectivity index (χ1n) is 6.85. The van der Waals surface area contributed by atoms with Crippen molar-refractivity contribution in [3.63, 3.8) is 0 Å². The highest BCUT2D eigenvalue weighted by Gasteiger charge is 2.22. The minimum absolute atomic E-state index is 0.0299. The van der Waals surface area contributed by atoms with Gasteiger partial charge in [-0.2, -0.15) is 0 Å². The zero-order chi connectivity index (χ0) is 17.3. The number of non-ortho nitro benzene ring substituents is 1. The Hall–Kier alpha value is -3.00. The third-order valence-electron chi connectivity index (χ3n) is 3.39. The molecule has 0 radical (unpaired) electrons. The number of thioether (sulfide) groups is 1. The standard InChI is InChI=1S/C16H12N2O5S/c1-23-12-8-10(18(21)22)6-9(15(12)19)7-14-16(20)17-11-4-2-3-5-13(11)24-14/h2-8,19H,1H3,(H,17,20)/b14-7+. The minimum atomic E-state index is -0.590. The molecule has 0 spiro atoms. The van der Waals surface area contributed by atoms with E-state index in [-0.39, 0.29) is 28.7 Å². The fourth-order valence-corrected chi connectivity index (χ4v) is 3.17. The van der Waals surface area contributed by atoms with Crippen molar-refractivity contribution in [1.29, 1.82) is 0 Å². The Morgan fingerprint density at radius 1 is 1.33 bits per heavy atom. The third-order valence-corrected chi connectivity index (χ3v) is 4.48. The van der Waals surface area contributed by atoms with Gasteiger partial charge in [-0.25, -0.2) is 0 Å². The first-order chi connectivity index (χ1) is 11.5. The highest BCUT2D eigenvalue weighted by Crippen LogP contribution is 2.41. The molecule has 1 amide bonds. The summed E-state index contributed by atoms with van der Waals surface area (Å²) in [5, 5.41) is 23.9. The van der Waals surface area contributed by atoms with Crippen LogP contribution in [0.3, 0.4) is 0 Å². The van der Waals surface area contributed by atoms with Crippen LogP contribution in [0.4, 0.5) is 11.4 Å². The number of nitrogens with one attached hydrogen (secondary N) is 1. The van der Waals surface area contributed by atoms with Crippen LogP contribution in [0.5, 0.6) is 11.5 Å². The molecule has 7 nitrogen and oxygen atoms in total. The summed E-state index contributed by atoms with van der Waals surface area (Å²) in [6.07, 6.45) is 1.40. The molecule has 8 heteroatoms. The molecule has 2 aromatic rings. The molecule has 0 aromatic heterocycles. The van der Waals surface area contributed by atoms with Crippen molar-refractivity contribution < 1.29 is 19.6 Å². The van der Waals surface area contributed by atoms with Crippen LogP contribution < -0.4 is 10.1 Å². The Morgan fingerprint density at radius 3 is 2.79 bits per heavy atom. The van der Waals surface area contributed by atoms with Gasteiger partial charge in [-0.05, 0) is 18.2 Å². The van der Waals surface area contributed by atoms with Crippen LogP contribution >= 0.6 is 11.8 Å². The maximum absolute atomic E-state index is 12.2. The zero-order valence-electron chi connectivity index (χ0n) is 12.5. The molecule has 3 rings (SSSR count). The van der Waals surface area contributed by atoms with Gasteiger partial charge in [0.05, 0.1) is 28.7 Å². The van der Waals surface area contributed by atoms with E-state index in [2.05, 4.69) is 5.32 Å². The van der Waals surface area contributed by atoms with Crippen molar-refractivity contribution in [3.8, 4) is 11.5 Å². The van der Waals surface area contributed by atoms with E-state index in [1.807, 2.05) is 18.2 Å². The molecule has 2 aromatic carbocycles. The van der Waals surface area contributed by atoms with E-state index in [1.54, 1.807) is 6.07 Å². The van der Waals surface area contributed by atoms with E-state index in [4.69, 9.17) is 4.74 Å². The summed E-state index contributed by atoms with van der Waals surface area (Å²) < 4.78 is 4.96. The maximum Gasteiger partial charge on any atom is 0.274 e. The quantitative estimate of drug-likeness (QED) is 0.503. The highest BCUT2D eigenvalue weighted by molar-refractivity contribution is 8.04. The molecule has 1 aliphatic rings. The smallest absolute Gasteiger partial charge is 0.274 e. The molecular weight excluding hydrogens is 332 g/mol. The fourth-order valence-electron chi connectivity index (χ4n) is 2.23. The number of para-hydroxylation sites is 1. The summed E-state index contributed by atoms with van der Waals surface area (Å²) in [7, 11) is 1.30. The van der Waals surface area contributed by atoms with Gasteiger partial charge in [0.15, 0.2) is 11.5 Å². The summed E-state index contributed by atoms with van der Waals surface area (Å²) in [6.45, 7) is 0. The lowest BCUT2D eigenvalue weighted by atomic mass is 10.1. The van der Waals surface area contributed by atoms with Crippen LogP contribution in [-0.2, 0) is 4.79 Å². The van der Waals surface area contributed by atoms with E-state index >= 15 is 0 Å². The number of methoxy groups -OCH3 is 1. The van der Waals surface area contributed by atoms with E-state index in [9.17, 15) is 20.0 Å². The van der Waals surface area contributed by atoms with Crippen molar-refractivity contribution in [2.75, 3.05) is 12.4 Å². The zero-order valence-corrected chi connectivity index (χ0v) is 13.3. The summed E-state index contributed by atoms with van der Waals surface area (Å²) in [6, 6.07) is 9.60. The van der Waals surface area contributed by atoms with Crippen molar-refractivity contribution in [2.24, 2.45) is 0 Å². The second kappa shape index (κ2) is 6.25. The Morgan fingerprint density at radius 2 is 2.08 bits per heavy atom. The lowest BCUT2D eigenvalue weighted by Gasteiger charge is -2.18. The molecule has 1 heterocycles. The predicted octanol–water partition coefficient (Wildman–Crippen LogP) is 3.39. The largest absolute Gasteiger partial charge is 0.504 e. The molecule has 0 aliphatic carbocycles. The second-order valence-electron chi connectivity index (χ2n) is 4.90. The molecule has 1 aliphatic heterocycles. The molecular formula is C16H12N2O5S. The number of phenols is 1. The Bertz CT molecular complexity index is 879. The van der Waals surface area contributed by atoms with Crippen molar-refractivity contribution >= 4 is 35.1 Å². The number of ether oxygens (including phenoxy) is 1. The number of benzene rings is 2. The van der Waals surface area contributed by atoms with Crippen LogP contribution in [0, 0.1) is 10.1 Å². The number of nitro groups is 1. The van der Waals surface area contributed by atoms with Crippen LogP contribution in [0.25, 0.3) is 6.08 Å². The first kappa shape index (κ1) is 15.9. The lowest BCUT2D eigenvalue weighted by Crippen LogP contribution is -2.17. The van der Waals surface area contributed by atoms with Gasteiger partial charge in [-0.3, -0.25) is 14.9 Å². The lowest BCUT2D eigenvalue weighted by molar-refractivity contribution is -0.385. The summed E-state index contributed by atoms with van der Waals surface area (Å²) in [5.74, 6) is -0.635. The number of hydrogen-bond donors (Lipinski definition) is 2. The first-order valence-corrected chi connectivity index (χ1v) is 7.66. The Balaban J connectivity index is 2.07. The van der Waals surface area contributed by atoms with Gasteiger partial charge >= 0.3 is 0 Å². The number of carbonyl (C=O) groups excluding carboxylic acids is 1. The molecule has 122 valence electrons. The Kier molecular flexibility index (Phi) is 4.13. The van der Waals surface area contributed by atoms with Gasteiger partial charge in [0.2, 0.25) is 0 Å². The van der Waals surface area contributed by atoms with Gasteiger partial charge < -0.3 is 15.2 Å². The van der Waals surface area contributed by atoms with E-state index in [0.29, 0.717) is 10.6 Å². The number of fused-ring (bicyclic) bond motifs is 1. The monoisotopic (exact) mass is 344 g/mol. The molecule has 0 saturated heterocycles. The van der Waals surface area contributed by atoms with E-state index in [0.717, 1.165) is 11.0 Å². The van der Waals surface area contributed by atoms with Crippen LogP contribution in [0.15, 0.2) is 46.2 Å². The van der Waals surface area contributed by atoms with Gasteiger partial charge in [0, 0.05) is 16.5 Å². The number of hydrogen-bond acceptors (Lipinski definition) is 6. The normalized spacial score (nSPS) is 14.9. The Labute approximate surface area is 141 Å². The van der Waals surface area contributed by atoms with E-state index in [1.165, 1.54) is 31.0 Å². The third kappa shape index (κ3) is 2.91.